The summed E-state index contributed by atoms with van der Waals surface area (Å²) < 4.78 is 15.9. The number of rotatable bonds is 6. The summed E-state index contributed by atoms with van der Waals surface area (Å²) in [6, 6.07) is 5.39. The van der Waals surface area contributed by atoms with E-state index in [-0.39, 0.29) is 23.6 Å². The largest absolute Gasteiger partial charge is 0.304 e. The fourth-order valence-electron chi connectivity index (χ4n) is 5.17. The van der Waals surface area contributed by atoms with Crippen LogP contribution in [-0.4, -0.2) is 50.0 Å². The summed E-state index contributed by atoms with van der Waals surface area (Å²) in [4.78, 5) is 8.18. The maximum Gasteiger partial charge on any atom is 0.191 e. The number of halogens is 2. The maximum atomic E-state index is 13.8. The molecule has 0 amide bonds. The second kappa shape index (κ2) is 9.41. The van der Waals surface area contributed by atoms with Gasteiger partial charge in [-0.15, -0.1) is 33.9 Å². The number of hydrogen-bond acceptors (Lipinski definition) is 6. The zero-order valence-electron chi connectivity index (χ0n) is 18.7. The highest BCUT2D eigenvalue weighted by molar-refractivity contribution is 7.99. The van der Waals surface area contributed by atoms with Gasteiger partial charge >= 0.3 is 0 Å². The summed E-state index contributed by atoms with van der Waals surface area (Å²) in [5.41, 5.74) is 3.81. The average molecular weight is 494 g/mol. The molecular formula is C23H29ClFN5S2. The van der Waals surface area contributed by atoms with Gasteiger partial charge in [0, 0.05) is 24.8 Å². The Hall–Kier alpha value is -1.48. The lowest BCUT2D eigenvalue weighted by molar-refractivity contribution is 0.310. The maximum absolute atomic E-state index is 13.8. The third kappa shape index (κ3) is 4.34. The first kappa shape index (κ1) is 23.7. The molecule has 1 fully saturated rings. The molecule has 0 bridgehead atoms. The summed E-state index contributed by atoms with van der Waals surface area (Å²) in [6.45, 7) is 7.30. The average Bonchev–Trinajstić information content (AvgIpc) is 3.49. The Morgan fingerprint density at radius 1 is 1.22 bits per heavy atom. The second-order valence-electron chi connectivity index (χ2n) is 8.82. The van der Waals surface area contributed by atoms with Crippen molar-refractivity contribution in [2.75, 3.05) is 25.4 Å². The Morgan fingerprint density at radius 2 is 2.06 bits per heavy atom. The van der Waals surface area contributed by atoms with Crippen LogP contribution in [0.2, 0.25) is 0 Å². The van der Waals surface area contributed by atoms with Gasteiger partial charge in [-0.25, -0.2) is 9.37 Å². The molecule has 172 valence electrons. The van der Waals surface area contributed by atoms with E-state index < -0.39 is 0 Å². The second-order valence-corrected chi connectivity index (χ2v) is 11.1. The lowest BCUT2D eigenvalue weighted by atomic mass is 9.81. The van der Waals surface area contributed by atoms with Gasteiger partial charge in [-0.2, -0.15) is 0 Å². The van der Waals surface area contributed by atoms with Crippen LogP contribution >= 0.6 is 35.5 Å². The van der Waals surface area contributed by atoms with Crippen molar-refractivity contribution < 1.29 is 4.39 Å². The summed E-state index contributed by atoms with van der Waals surface area (Å²) in [6.07, 6.45) is 4.51. The van der Waals surface area contributed by atoms with E-state index in [4.69, 9.17) is 0 Å². The lowest BCUT2D eigenvalue weighted by Gasteiger charge is -2.25. The minimum Gasteiger partial charge on any atom is -0.304 e. The number of aryl methyl sites for hydroxylation is 3. The van der Waals surface area contributed by atoms with Crippen LogP contribution in [0.3, 0.4) is 0 Å². The topological polar surface area (TPSA) is 46.8 Å². The fourth-order valence-corrected chi connectivity index (χ4v) is 6.95. The molecule has 1 atom stereocenters. The SMILES string of the molecule is Cc1nc(C)c(-c2nnc(SCCCN3CCC4(CCc5ccc(F)cc54)C3)n2C)s1.Cl. The van der Waals surface area contributed by atoms with Crippen LogP contribution in [0.25, 0.3) is 10.7 Å². The van der Waals surface area contributed by atoms with Gasteiger partial charge in [0.25, 0.3) is 0 Å². The first-order valence-corrected chi connectivity index (χ1v) is 12.7. The van der Waals surface area contributed by atoms with Crippen molar-refractivity contribution in [3.63, 3.8) is 0 Å². The molecule has 3 aromatic rings. The van der Waals surface area contributed by atoms with Crippen molar-refractivity contribution in [2.45, 2.75) is 50.1 Å². The van der Waals surface area contributed by atoms with Crippen LogP contribution in [0.1, 0.15) is 41.1 Å². The Kier molecular flexibility index (Phi) is 6.96. The van der Waals surface area contributed by atoms with Gasteiger partial charge < -0.3 is 9.47 Å². The van der Waals surface area contributed by atoms with Gasteiger partial charge in [-0.05, 0) is 75.9 Å². The fraction of sp³-hybridized carbons (Fsp3) is 0.522. The van der Waals surface area contributed by atoms with Gasteiger partial charge in [0.2, 0.25) is 0 Å². The summed E-state index contributed by atoms with van der Waals surface area (Å²) in [5, 5.41) is 10.8. The number of thiazole rings is 1. The molecule has 0 radical (unpaired) electrons. The zero-order valence-corrected chi connectivity index (χ0v) is 21.2. The van der Waals surface area contributed by atoms with E-state index in [2.05, 4.69) is 24.6 Å². The molecule has 1 aromatic carbocycles. The van der Waals surface area contributed by atoms with E-state index in [1.165, 1.54) is 11.1 Å². The van der Waals surface area contributed by atoms with Crippen molar-refractivity contribution in [1.82, 2.24) is 24.6 Å². The van der Waals surface area contributed by atoms with E-state index in [9.17, 15) is 4.39 Å². The minimum absolute atomic E-state index is 0. The van der Waals surface area contributed by atoms with Crippen molar-refractivity contribution in [1.29, 1.82) is 0 Å². The normalized spacial score (nSPS) is 20.1. The first-order chi connectivity index (χ1) is 14.9. The Labute approximate surface area is 203 Å². The molecule has 1 saturated heterocycles. The molecule has 32 heavy (non-hydrogen) atoms. The highest BCUT2D eigenvalue weighted by Gasteiger charge is 2.43. The van der Waals surface area contributed by atoms with E-state index in [0.29, 0.717) is 0 Å². The van der Waals surface area contributed by atoms with E-state index in [1.807, 2.05) is 27.0 Å². The third-order valence-electron chi connectivity index (χ3n) is 6.74. The van der Waals surface area contributed by atoms with Crippen LogP contribution in [0.5, 0.6) is 0 Å². The Balaban J connectivity index is 0.00000245. The molecule has 0 N–H and O–H groups in total. The van der Waals surface area contributed by atoms with E-state index in [1.54, 1.807) is 35.2 Å². The van der Waals surface area contributed by atoms with Crippen molar-refractivity contribution in [2.24, 2.45) is 7.05 Å². The molecule has 0 saturated carbocycles. The van der Waals surface area contributed by atoms with Crippen molar-refractivity contribution >= 4 is 35.5 Å². The molecule has 1 spiro atoms. The summed E-state index contributed by atoms with van der Waals surface area (Å²) in [7, 11) is 2.03. The van der Waals surface area contributed by atoms with Gasteiger partial charge in [0.1, 0.15) is 5.82 Å². The van der Waals surface area contributed by atoms with Crippen LogP contribution in [-0.2, 0) is 18.9 Å². The molecule has 1 aliphatic heterocycles. The number of fused-ring (bicyclic) bond motifs is 2. The lowest BCUT2D eigenvalue weighted by Crippen LogP contribution is -2.29. The molecule has 5 rings (SSSR count). The molecule has 9 heteroatoms. The van der Waals surface area contributed by atoms with Crippen molar-refractivity contribution in [3.8, 4) is 10.7 Å². The highest BCUT2D eigenvalue weighted by Crippen LogP contribution is 2.45. The predicted molar refractivity (Wildman–Crippen MR) is 132 cm³/mol. The summed E-state index contributed by atoms with van der Waals surface area (Å²) >= 11 is 3.44. The molecule has 1 unspecified atom stereocenters. The quantitative estimate of drug-likeness (QED) is 0.349. The molecule has 2 aliphatic rings. The number of likely N-dealkylation sites (tertiary alicyclic amines) is 1. The van der Waals surface area contributed by atoms with Gasteiger partial charge in [-0.1, -0.05) is 17.8 Å². The van der Waals surface area contributed by atoms with Gasteiger partial charge in [0.15, 0.2) is 11.0 Å². The van der Waals surface area contributed by atoms with Crippen molar-refractivity contribution in [3.05, 3.63) is 45.8 Å². The number of nitrogens with zero attached hydrogens (tertiary/aromatic N) is 5. The predicted octanol–water partition coefficient (Wildman–Crippen LogP) is 5.19. The van der Waals surface area contributed by atoms with Gasteiger partial charge in [0.05, 0.1) is 15.6 Å². The molecule has 3 heterocycles. The van der Waals surface area contributed by atoms with E-state index in [0.717, 1.165) is 77.6 Å². The number of thioether (sulfide) groups is 1. The van der Waals surface area contributed by atoms with E-state index >= 15 is 0 Å². The summed E-state index contributed by atoms with van der Waals surface area (Å²) in [5.74, 6) is 1.82. The Morgan fingerprint density at radius 3 is 2.84 bits per heavy atom. The molecule has 1 aliphatic carbocycles. The number of hydrogen-bond donors (Lipinski definition) is 0. The molecular weight excluding hydrogens is 465 g/mol. The van der Waals surface area contributed by atoms with Crippen LogP contribution in [0.4, 0.5) is 4.39 Å². The monoisotopic (exact) mass is 493 g/mol. The number of benzene rings is 1. The molecule has 2 aromatic heterocycles. The number of aromatic nitrogens is 4. The van der Waals surface area contributed by atoms with Crippen LogP contribution < -0.4 is 0 Å². The first-order valence-electron chi connectivity index (χ1n) is 10.9. The highest BCUT2D eigenvalue weighted by atomic mass is 35.5. The van der Waals surface area contributed by atoms with Gasteiger partial charge in [-0.3, -0.25) is 0 Å². The third-order valence-corrected chi connectivity index (χ3v) is 8.92. The van der Waals surface area contributed by atoms with Crippen LogP contribution in [0.15, 0.2) is 23.4 Å². The van der Waals surface area contributed by atoms with Crippen LogP contribution in [0, 0.1) is 19.7 Å². The Bertz CT molecular complexity index is 1110. The minimum atomic E-state index is -0.0957. The standard InChI is InChI=1S/C23H28FN5S2.ClH/c1-15-20(31-16(2)25-15)21-26-27-22(28(21)3)30-12-4-10-29-11-9-23(14-29)8-7-17-5-6-18(24)13-19(17)23;/h5-6,13H,4,7-12,14H2,1-3H3;1H. The smallest absolute Gasteiger partial charge is 0.191 e. The zero-order chi connectivity index (χ0) is 21.6. The molecule has 5 nitrogen and oxygen atoms in total.